The Morgan fingerprint density at radius 2 is 1.52 bits per heavy atom. The summed E-state index contributed by atoms with van der Waals surface area (Å²) in [5.74, 6) is 0. The van der Waals surface area contributed by atoms with E-state index in [-0.39, 0.29) is 5.41 Å². The van der Waals surface area contributed by atoms with Gasteiger partial charge in [-0.15, -0.1) is 6.58 Å². The first kappa shape index (κ1) is 25.3. The molecule has 0 saturated carbocycles. The van der Waals surface area contributed by atoms with Crippen LogP contribution >= 0.6 is 0 Å². The number of nitrogens with one attached hydrogen (secondary N) is 1. The Morgan fingerprint density at radius 3 is 1.67 bits per heavy atom. The van der Waals surface area contributed by atoms with Crippen molar-refractivity contribution in [1.29, 1.82) is 0 Å². The van der Waals surface area contributed by atoms with E-state index in [0.717, 1.165) is 12.7 Å². The molecule has 3 nitrogen and oxygen atoms in total. The number of hydrogen-bond acceptors (Lipinski definition) is 3. The number of carbonyl (C=O) groups excluding carboxylic acids is 1. The van der Waals surface area contributed by atoms with Crippen LogP contribution in [-0.4, -0.2) is 38.5 Å². The van der Waals surface area contributed by atoms with Crippen LogP contribution in [0.1, 0.15) is 61.3 Å². The lowest BCUT2D eigenvalue weighted by Gasteiger charge is -2.35. The molecule has 0 saturated heterocycles. The summed E-state index contributed by atoms with van der Waals surface area (Å²) < 4.78 is 0. The monoisotopic (exact) mass is 300 g/mol. The highest BCUT2D eigenvalue weighted by Crippen LogP contribution is 2.23. The van der Waals surface area contributed by atoms with Gasteiger partial charge in [-0.25, -0.2) is 0 Å². The lowest BCUT2D eigenvalue weighted by Crippen LogP contribution is -2.48. The van der Waals surface area contributed by atoms with Crippen molar-refractivity contribution in [3.63, 3.8) is 0 Å². The smallest absolute Gasteiger partial charge is 0.120 e. The van der Waals surface area contributed by atoms with Gasteiger partial charge in [0.2, 0.25) is 0 Å². The molecule has 1 atom stereocenters. The number of rotatable bonds is 6. The minimum atomic E-state index is 0.115. The van der Waals surface area contributed by atoms with Gasteiger partial charge >= 0.3 is 0 Å². The van der Waals surface area contributed by atoms with E-state index in [2.05, 4.69) is 65.5 Å². The third-order valence-corrected chi connectivity index (χ3v) is 2.94. The van der Waals surface area contributed by atoms with Gasteiger partial charge in [0, 0.05) is 6.42 Å². The maximum absolute atomic E-state index is 10.1. The molecule has 0 radical (unpaired) electrons. The fraction of sp³-hybridized carbons (Fsp3) is 0.833. The second kappa shape index (κ2) is 13.0. The Balaban J connectivity index is -0.000000277. The predicted molar refractivity (Wildman–Crippen MR) is 96.6 cm³/mol. The maximum atomic E-state index is 10.1. The van der Waals surface area contributed by atoms with E-state index in [1.165, 1.54) is 0 Å². The summed E-state index contributed by atoms with van der Waals surface area (Å²) in [6.07, 6.45) is 4.80. The summed E-state index contributed by atoms with van der Waals surface area (Å²) in [6, 6.07) is 0. The minimum Gasteiger partial charge on any atom is -0.304 e. The summed E-state index contributed by atoms with van der Waals surface area (Å²) in [7, 11) is 6.18. The first-order valence-electron chi connectivity index (χ1n) is 7.90. The molecule has 0 aliphatic carbocycles. The predicted octanol–water partition coefficient (Wildman–Crippen LogP) is 4.34. The highest BCUT2D eigenvalue weighted by molar-refractivity contribution is 5.50. The molecule has 0 spiro atoms. The van der Waals surface area contributed by atoms with Gasteiger partial charge in [0.15, 0.2) is 0 Å². The van der Waals surface area contributed by atoms with Crippen molar-refractivity contribution in [2.24, 2.45) is 10.8 Å². The van der Waals surface area contributed by atoms with Gasteiger partial charge in [-0.2, -0.15) is 0 Å². The number of allylic oxidation sites excluding steroid dienone is 1. The van der Waals surface area contributed by atoms with Gasteiger partial charge in [0.05, 0.1) is 6.17 Å². The van der Waals surface area contributed by atoms with Gasteiger partial charge in [-0.05, 0) is 38.4 Å². The van der Waals surface area contributed by atoms with Gasteiger partial charge in [-0.1, -0.05) is 54.5 Å². The molecule has 21 heavy (non-hydrogen) atoms. The molecule has 0 heterocycles. The van der Waals surface area contributed by atoms with E-state index in [4.69, 9.17) is 0 Å². The minimum absolute atomic E-state index is 0.115. The third-order valence-electron chi connectivity index (χ3n) is 2.94. The molecule has 0 aliphatic rings. The molecule has 1 N–H and O–H groups in total. The van der Waals surface area contributed by atoms with E-state index in [9.17, 15) is 4.79 Å². The largest absolute Gasteiger partial charge is 0.304 e. The van der Waals surface area contributed by atoms with E-state index in [0.29, 0.717) is 18.0 Å². The van der Waals surface area contributed by atoms with Crippen molar-refractivity contribution < 1.29 is 4.79 Å². The summed E-state index contributed by atoms with van der Waals surface area (Å²) in [4.78, 5) is 12.3. The molecule has 0 aliphatic heterocycles. The van der Waals surface area contributed by atoms with E-state index in [1.54, 1.807) is 0 Å². The van der Waals surface area contributed by atoms with Crippen molar-refractivity contribution in [2.45, 2.75) is 67.5 Å². The first-order valence-corrected chi connectivity index (χ1v) is 7.90. The Hall–Kier alpha value is -0.670. The molecule has 0 amide bonds. The Bertz CT molecular complexity index is 240. The first-order chi connectivity index (χ1) is 9.51. The molecule has 0 rings (SSSR count). The Morgan fingerprint density at radius 1 is 1.10 bits per heavy atom. The fourth-order valence-corrected chi connectivity index (χ4v) is 2.17. The van der Waals surface area contributed by atoms with Crippen LogP contribution in [0.25, 0.3) is 0 Å². The SMILES string of the molecule is C=CCC(C)(C)CC=O.CC.CNC(N(C)C)C(C)(C)C. The Kier molecular flexibility index (Phi) is 15.7. The lowest BCUT2D eigenvalue weighted by molar-refractivity contribution is -0.109. The van der Waals surface area contributed by atoms with Gasteiger partial charge in [0.25, 0.3) is 0 Å². The van der Waals surface area contributed by atoms with E-state index in [1.807, 2.05) is 27.0 Å². The molecule has 0 fully saturated rings. The van der Waals surface area contributed by atoms with Crippen molar-refractivity contribution in [1.82, 2.24) is 10.2 Å². The van der Waals surface area contributed by atoms with Crippen molar-refractivity contribution in [3.05, 3.63) is 12.7 Å². The van der Waals surface area contributed by atoms with Gasteiger partial charge in [-0.3, -0.25) is 4.90 Å². The molecule has 128 valence electrons. The summed E-state index contributed by atoms with van der Waals surface area (Å²) >= 11 is 0. The quantitative estimate of drug-likeness (QED) is 0.450. The van der Waals surface area contributed by atoms with Crippen LogP contribution < -0.4 is 5.32 Å². The third kappa shape index (κ3) is 15.5. The topological polar surface area (TPSA) is 32.3 Å². The zero-order chi connectivity index (χ0) is 17.7. The van der Waals surface area contributed by atoms with Crippen LogP contribution in [-0.2, 0) is 4.79 Å². The molecule has 0 aromatic heterocycles. The average Bonchev–Trinajstić information content (AvgIpc) is 2.30. The van der Waals surface area contributed by atoms with E-state index >= 15 is 0 Å². The molecule has 0 aromatic rings. The Labute approximate surface area is 134 Å². The molecule has 1 unspecified atom stereocenters. The zero-order valence-electron chi connectivity index (χ0n) is 16.2. The van der Waals surface area contributed by atoms with Crippen LogP contribution in [0.3, 0.4) is 0 Å². The second-order valence-corrected chi connectivity index (χ2v) is 7.05. The maximum Gasteiger partial charge on any atom is 0.120 e. The highest BCUT2D eigenvalue weighted by atomic mass is 16.1. The van der Waals surface area contributed by atoms with Crippen molar-refractivity contribution in [3.8, 4) is 0 Å². The van der Waals surface area contributed by atoms with Crippen LogP contribution in [0.5, 0.6) is 0 Å². The fourth-order valence-electron chi connectivity index (χ4n) is 2.17. The van der Waals surface area contributed by atoms with Crippen LogP contribution in [0, 0.1) is 10.8 Å². The number of hydrogen-bond donors (Lipinski definition) is 1. The van der Waals surface area contributed by atoms with Crippen LogP contribution in [0.2, 0.25) is 0 Å². The zero-order valence-corrected chi connectivity index (χ0v) is 16.2. The normalized spacial score (nSPS) is 12.5. The number of carbonyl (C=O) groups is 1. The average molecular weight is 301 g/mol. The highest BCUT2D eigenvalue weighted by Gasteiger charge is 2.24. The summed E-state index contributed by atoms with van der Waals surface area (Å²) in [5.41, 5.74) is 0.418. The summed E-state index contributed by atoms with van der Waals surface area (Å²) in [6.45, 7) is 18.4. The van der Waals surface area contributed by atoms with E-state index < -0.39 is 0 Å². The molecular formula is C18H40N2O. The standard InChI is InChI=1S/C8H20N2.C8H14O.C2H6/c1-8(2,3)7(9-4)10(5)6;1-4-5-8(2,3)6-7-9;1-2/h7,9H,1-6H3;4,7H,1,5-6H2,2-3H3;1-2H3. The van der Waals surface area contributed by atoms with Crippen LogP contribution in [0.4, 0.5) is 0 Å². The second-order valence-electron chi connectivity index (χ2n) is 7.05. The lowest BCUT2D eigenvalue weighted by atomic mass is 9.86. The van der Waals surface area contributed by atoms with Crippen molar-refractivity contribution in [2.75, 3.05) is 21.1 Å². The van der Waals surface area contributed by atoms with Crippen molar-refractivity contribution >= 4 is 6.29 Å². The molecule has 0 bridgehead atoms. The molecule has 3 heteroatoms. The molecule has 0 aromatic carbocycles. The number of nitrogens with zero attached hydrogens (tertiary/aromatic N) is 1. The van der Waals surface area contributed by atoms with Crippen LogP contribution in [0.15, 0.2) is 12.7 Å². The summed E-state index contributed by atoms with van der Waals surface area (Å²) in [5, 5.41) is 3.27. The molecular weight excluding hydrogens is 260 g/mol. The van der Waals surface area contributed by atoms with Gasteiger partial charge in [0.1, 0.15) is 6.29 Å². The van der Waals surface area contributed by atoms with Gasteiger partial charge < -0.3 is 10.1 Å². The number of aldehydes is 1.